The van der Waals surface area contributed by atoms with Crippen LogP contribution in [0.15, 0.2) is 89.5 Å². The molecule has 1 aliphatic carbocycles. The number of rotatable bonds is 11. The van der Waals surface area contributed by atoms with Crippen LogP contribution in [0.4, 0.5) is 10.7 Å². The summed E-state index contributed by atoms with van der Waals surface area (Å²) in [4.78, 5) is 55.2. The fourth-order valence-corrected chi connectivity index (χ4v) is 8.36. The smallest absolute Gasteiger partial charge is 0.341 e. The molecule has 266 valence electrons. The summed E-state index contributed by atoms with van der Waals surface area (Å²) in [6, 6.07) is 23.6. The normalized spacial score (nSPS) is 14.9. The Balaban J connectivity index is 1.32. The zero-order valence-electron chi connectivity index (χ0n) is 29.9. The molecule has 10 heteroatoms. The number of aryl methyl sites for hydroxylation is 1. The Hall–Kier alpha value is -4.67. The van der Waals surface area contributed by atoms with E-state index in [4.69, 9.17) is 4.74 Å². The Morgan fingerprint density at radius 3 is 2.37 bits per heavy atom. The number of amides is 3. The lowest BCUT2D eigenvalue weighted by Crippen LogP contribution is -2.30. The van der Waals surface area contributed by atoms with Gasteiger partial charge in [-0.3, -0.25) is 14.4 Å². The van der Waals surface area contributed by atoms with Gasteiger partial charge in [-0.15, -0.1) is 23.1 Å². The average Bonchev–Trinajstić information content (AvgIpc) is 3.48. The van der Waals surface area contributed by atoms with Gasteiger partial charge < -0.3 is 20.7 Å². The van der Waals surface area contributed by atoms with E-state index in [2.05, 4.69) is 36.7 Å². The number of methoxy groups -OCH3 is 1. The minimum Gasteiger partial charge on any atom is -0.465 e. The van der Waals surface area contributed by atoms with E-state index in [0.717, 1.165) is 45.7 Å². The number of ether oxygens (including phenoxy) is 1. The summed E-state index contributed by atoms with van der Waals surface area (Å²) in [7, 11) is 1.37. The van der Waals surface area contributed by atoms with Gasteiger partial charge in [0.1, 0.15) is 10.7 Å². The van der Waals surface area contributed by atoms with Crippen LogP contribution < -0.4 is 16.0 Å². The monoisotopic (exact) mass is 723 g/mol. The minimum atomic E-state index is -0.488. The molecule has 5 rings (SSSR count). The second-order valence-electron chi connectivity index (χ2n) is 13.8. The lowest BCUT2D eigenvalue weighted by Gasteiger charge is -2.33. The molecule has 1 aliphatic rings. The highest BCUT2D eigenvalue weighted by Gasteiger charge is 2.35. The first-order valence-electron chi connectivity index (χ1n) is 17.1. The molecule has 3 amide bonds. The highest BCUT2D eigenvalue weighted by Crippen LogP contribution is 2.45. The Kier molecular flexibility index (Phi) is 12.2. The summed E-state index contributed by atoms with van der Waals surface area (Å²) in [5, 5.41) is 8.83. The van der Waals surface area contributed by atoms with Gasteiger partial charge in [-0.25, -0.2) is 4.79 Å². The van der Waals surface area contributed by atoms with Crippen LogP contribution in [0.3, 0.4) is 0 Å². The van der Waals surface area contributed by atoms with Crippen molar-refractivity contribution in [2.24, 2.45) is 11.3 Å². The minimum absolute atomic E-state index is 0.0884. The third-order valence-electron chi connectivity index (χ3n) is 9.07. The van der Waals surface area contributed by atoms with E-state index in [1.165, 1.54) is 30.2 Å². The Labute approximate surface area is 308 Å². The van der Waals surface area contributed by atoms with Crippen LogP contribution in [0.5, 0.6) is 0 Å². The lowest BCUT2D eigenvalue weighted by atomic mass is 9.72. The van der Waals surface area contributed by atoms with Gasteiger partial charge in [0.25, 0.3) is 11.8 Å². The van der Waals surface area contributed by atoms with Crippen molar-refractivity contribution < 1.29 is 23.9 Å². The summed E-state index contributed by atoms with van der Waals surface area (Å²) in [6.45, 7) is 10.7. The van der Waals surface area contributed by atoms with E-state index in [1.54, 1.807) is 42.5 Å². The first kappa shape index (κ1) is 37.6. The molecule has 0 radical (unpaired) electrons. The van der Waals surface area contributed by atoms with Gasteiger partial charge in [0.15, 0.2) is 0 Å². The quantitative estimate of drug-likeness (QED) is 0.0810. The molecule has 3 aromatic carbocycles. The van der Waals surface area contributed by atoms with Crippen LogP contribution in [0, 0.1) is 18.3 Å². The van der Waals surface area contributed by atoms with Gasteiger partial charge >= 0.3 is 5.97 Å². The largest absolute Gasteiger partial charge is 0.465 e. The van der Waals surface area contributed by atoms with Crippen molar-refractivity contribution >= 4 is 63.6 Å². The van der Waals surface area contributed by atoms with Crippen LogP contribution in [0.2, 0.25) is 0 Å². The van der Waals surface area contributed by atoms with Crippen LogP contribution in [-0.2, 0) is 27.2 Å². The maximum atomic E-state index is 13.7. The molecule has 0 spiro atoms. The van der Waals surface area contributed by atoms with Crippen molar-refractivity contribution in [3.05, 3.63) is 117 Å². The van der Waals surface area contributed by atoms with E-state index >= 15 is 0 Å². The number of thioether (sulfide) groups is 1. The second-order valence-corrected chi connectivity index (χ2v) is 16.2. The van der Waals surface area contributed by atoms with Gasteiger partial charge in [-0.1, -0.05) is 81.8 Å². The first-order chi connectivity index (χ1) is 24.4. The van der Waals surface area contributed by atoms with Crippen molar-refractivity contribution in [2.45, 2.75) is 70.4 Å². The molecule has 0 bridgehead atoms. The van der Waals surface area contributed by atoms with Gasteiger partial charge in [-0.05, 0) is 91.5 Å². The molecule has 0 fully saturated rings. The summed E-state index contributed by atoms with van der Waals surface area (Å²) in [6.07, 6.45) is 4.79. The summed E-state index contributed by atoms with van der Waals surface area (Å²) in [5.41, 5.74) is 4.46. The molecular weight excluding hydrogens is 679 g/mol. The number of fused-ring (bicyclic) bond motifs is 1. The molecule has 1 aromatic heterocycles. The molecule has 2 atom stereocenters. The van der Waals surface area contributed by atoms with E-state index in [0.29, 0.717) is 34.2 Å². The summed E-state index contributed by atoms with van der Waals surface area (Å²) >= 11 is 2.86. The topological polar surface area (TPSA) is 114 Å². The van der Waals surface area contributed by atoms with Crippen molar-refractivity contribution in [1.29, 1.82) is 0 Å². The zero-order chi connectivity index (χ0) is 36.7. The number of anilines is 2. The molecule has 4 aromatic rings. The number of hydrogen-bond acceptors (Lipinski definition) is 7. The predicted molar refractivity (Wildman–Crippen MR) is 207 cm³/mol. The highest BCUT2D eigenvalue weighted by molar-refractivity contribution is 8.00. The van der Waals surface area contributed by atoms with Gasteiger partial charge in [0.05, 0.1) is 17.9 Å². The number of carbonyl (C=O) groups excluding carboxylic acids is 4. The number of carbonyl (C=O) groups is 4. The number of nitrogens with one attached hydrogen (secondary N) is 3. The maximum absolute atomic E-state index is 13.7. The van der Waals surface area contributed by atoms with Crippen LogP contribution in [-0.4, -0.2) is 36.1 Å². The van der Waals surface area contributed by atoms with Gasteiger partial charge in [0.2, 0.25) is 5.91 Å². The van der Waals surface area contributed by atoms with Crippen molar-refractivity contribution in [1.82, 2.24) is 5.32 Å². The van der Waals surface area contributed by atoms with E-state index < -0.39 is 23.0 Å². The van der Waals surface area contributed by atoms with E-state index in [1.807, 2.05) is 56.3 Å². The fourth-order valence-electron chi connectivity index (χ4n) is 6.03. The fraction of sp³-hybridized carbons (Fsp3) is 0.317. The summed E-state index contributed by atoms with van der Waals surface area (Å²) < 4.78 is 5.15. The highest BCUT2D eigenvalue weighted by atomic mass is 32.2. The molecule has 0 saturated carbocycles. The molecule has 8 nitrogen and oxygen atoms in total. The SMILES string of the molecule is CCC(Sc1cccc(NC(=O)/C(=C/c2ccc(C)cc2)NC(=O)c2ccccc2)c1)C(=O)Nc1sc2c(c1C(=O)OC)CCC(C(C)(C)C)C2. The van der Waals surface area contributed by atoms with Crippen molar-refractivity contribution in [2.75, 3.05) is 17.7 Å². The molecule has 3 N–H and O–H groups in total. The molecular formula is C41H45N3O5S2. The van der Waals surface area contributed by atoms with Crippen molar-refractivity contribution in [3.8, 4) is 0 Å². The van der Waals surface area contributed by atoms with Crippen LogP contribution in [0.25, 0.3) is 6.08 Å². The zero-order valence-corrected chi connectivity index (χ0v) is 31.6. The van der Waals surface area contributed by atoms with Gasteiger partial charge in [-0.2, -0.15) is 0 Å². The number of hydrogen-bond donors (Lipinski definition) is 3. The molecule has 51 heavy (non-hydrogen) atoms. The second kappa shape index (κ2) is 16.6. The Morgan fingerprint density at radius 1 is 0.980 bits per heavy atom. The predicted octanol–water partition coefficient (Wildman–Crippen LogP) is 8.91. The first-order valence-corrected chi connectivity index (χ1v) is 18.8. The number of thiophene rings is 1. The Morgan fingerprint density at radius 2 is 1.71 bits per heavy atom. The number of benzene rings is 3. The summed E-state index contributed by atoms with van der Waals surface area (Å²) in [5.74, 6) is -1.05. The van der Waals surface area contributed by atoms with Crippen LogP contribution in [0.1, 0.15) is 82.8 Å². The standard InChI is InChI=1S/C41H45N3O5S2/c1-7-33(38(47)44-39-35(40(48)49-6)31-21-20-28(41(3,4)5)23-34(31)51-39)50-30-15-11-14-29(24-30)42-37(46)32(22-26-18-16-25(2)17-19-26)43-36(45)27-12-9-8-10-13-27/h8-19,22,24,28,33H,7,20-21,23H2,1-6H3,(H,42,46)(H,43,45)(H,44,47)/b32-22-. The lowest BCUT2D eigenvalue weighted by molar-refractivity contribution is -0.116. The molecule has 0 aliphatic heterocycles. The third kappa shape index (κ3) is 9.56. The van der Waals surface area contributed by atoms with Crippen molar-refractivity contribution in [3.63, 3.8) is 0 Å². The molecule has 1 heterocycles. The third-order valence-corrected chi connectivity index (χ3v) is 11.6. The van der Waals surface area contributed by atoms with Gasteiger partial charge in [0, 0.05) is 21.0 Å². The number of esters is 1. The van der Waals surface area contributed by atoms with E-state index in [9.17, 15) is 19.2 Å². The van der Waals surface area contributed by atoms with Crippen LogP contribution >= 0.6 is 23.1 Å². The molecule has 2 unspecified atom stereocenters. The van der Waals surface area contributed by atoms with E-state index in [-0.39, 0.29) is 17.0 Å². The Bertz CT molecular complexity index is 1930. The average molecular weight is 724 g/mol. The maximum Gasteiger partial charge on any atom is 0.341 e. The molecule has 0 saturated heterocycles.